The first-order valence-electron chi connectivity index (χ1n) is 8.71. The topological polar surface area (TPSA) is 46.9 Å². The van der Waals surface area contributed by atoms with Crippen LogP contribution in [0.2, 0.25) is 0 Å². The molecule has 1 N–H and O–H groups in total. The Balaban J connectivity index is 1.46. The number of nitrogens with zero attached hydrogens (tertiary/aromatic N) is 2. The lowest BCUT2D eigenvalue weighted by atomic mass is 9.95. The number of imidazole rings is 1. The molecule has 128 valence electrons. The molecule has 0 unspecified atom stereocenters. The van der Waals surface area contributed by atoms with Gasteiger partial charge in [0.2, 0.25) is 0 Å². The maximum absolute atomic E-state index is 12.7. The molecule has 4 rings (SSSR count). The zero-order chi connectivity index (χ0) is 17.1. The summed E-state index contributed by atoms with van der Waals surface area (Å²) < 4.78 is 2.04. The van der Waals surface area contributed by atoms with E-state index in [1.54, 1.807) is 17.5 Å². The number of carbonyl (C=O) groups excluding carboxylic acids is 1. The summed E-state index contributed by atoms with van der Waals surface area (Å²) in [6.45, 7) is 1.31. The summed E-state index contributed by atoms with van der Waals surface area (Å²) in [4.78, 5) is 18.2. The smallest absolute Gasteiger partial charge is 0.252 e. The van der Waals surface area contributed by atoms with E-state index >= 15 is 0 Å². The second-order valence-electron chi connectivity index (χ2n) is 6.44. The number of hydrogen-bond donors (Lipinski definition) is 1. The average molecular weight is 351 g/mol. The Hall–Kier alpha value is -2.40. The minimum Gasteiger partial charge on any atom is -0.348 e. The number of amides is 1. The molecule has 1 aliphatic rings. The highest BCUT2D eigenvalue weighted by Crippen LogP contribution is 2.30. The molecule has 0 radical (unpaired) electrons. The molecule has 25 heavy (non-hydrogen) atoms. The minimum absolute atomic E-state index is 0.0526. The standard InChI is InChI=1S/C20H21N3OS/c24-20(18-13-25-19-8-4-3-7-17(18)19)22-11-15-5-1-2-6-16(15)12-23-10-9-21-14-23/h1-2,5-6,9-10,13-14H,3-4,7-8,11-12H2,(H,22,24). The lowest BCUT2D eigenvalue weighted by molar-refractivity contribution is 0.0950. The maximum Gasteiger partial charge on any atom is 0.252 e. The summed E-state index contributed by atoms with van der Waals surface area (Å²) in [5.41, 5.74) is 4.51. The minimum atomic E-state index is 0.0526. The van der Waals surface area contributed by atoms with Crippen LogP contribution in [0.5, 0.6) is 0 Å². The first kappa shape index (κ1) is 16.1. The molecule has 2 heterocycles. The van der Waals surface area contributed by atoms with Crippen molar-refractivity contribution >= 4 is 17.2 Å². The number of aryl methyl sites for hydroxylation is 1. The molecule has 2 aromatic heterocycles. The highest BCUT2D eigenvalue weighted by Gasteiger charge is 2.20. The second-order valence-corrected chi connectivity index (χ2v) is 7.41. The first-order chi connectivity index (χ1) is 12.3. The predicted octanol–water partition coefficient (Wildman–Crippen LogP) is 3.80. The van der Waals surface area contributed by atoms with Crippen molar-refractivity contribution in [3.8, 4) is 0 Å². The van der Waals surface area contributed by atoms with Crippen LogP contribution in [-0.4, -0.2) is 15.5 Å². The molecule has 0 bridgehead atoms. The molecule has 0 saturated heterocycles. The number of thiophene rings is 1. The van der Waals surface area contributed by atoms with Crippen LogP contribution in [0.1, 0.15) is 44.8 Å². The van der Waals surface area contributed by atoms with Gasteiger partial charge in [-0.15, -0.1) is 11.3 Å². The highest BCUT2D eigenvalue weighted by atomic mass is 32.1. The van der Waals surface area contributed by atoms with Crippen molar-refractivity contribution in [1.29, 1.82) is 0 Å². The van der Waals surface area contributed by atoms with Gasteiger partial charge in [-0.1, -0.05) is 24.3 Å². The van der Waals surface area contributed by atoms with Crippen molar-refractivity contribution in [2.45, 2.75) is 38.8 Å². The van der Waals surface area contributed by atoms with Crippen LogP contribution in [0.3, 0.4) is 0 Å². The Morgan fingerprint density at radius 2 is 2.04 bits per heavy atom. The van der Waals surface area contributed by atoms with E-state index in [1.807, 2.05) is 34.6 Å². The predicted molar refractivity (Wildman–Crippen MR) is 99.9 cm³/mol. The molecule has 1 aromatic carbocycles. The third-order valence-electron chi connectivity index (χ3n) is 4.78. The fourth-order valence-corrected chi connectivity index (χ4v) is 4.54. The molecule has 0 spiro atoms. The lowest BCUT2D eigenvalue weighted by Gasteiger charge is -2.14. The van der Waals surface area contributed by atoms with Crippen LogP contribution in [-0.2, 0) is 25.9 Å². The SMILES string of the molecule is O=C(NCc1ccccc1Cn1ccnc1)c1csc2c1CCCC2. The molecular formula is C20H21N3OS. The van der Waals surface area contributed by atoms with Crippen molar-refractivity contribution in [2.75, 3.05) is 0 Å². The van der Waals surface area contributed by atoms with Gasteiger partial charge in [0, 0.05) is 35.7 Å². The van der Waals surface area contributed by atoms with E-state index in [2.05, 4.69) is 22.4 Å². The van der Waals surface area contributed by atoms with Crippen molar-refractivity contribution < 1.29 is 4.79 Å². The maximum atomic E-state index is 12.7. The second kappa shape index (κ2) is 7.23. The number of nitrogens with one attached hydrogen (secondary N) is 1. The van der Waals surface area contributed by atoms with E-state index in [0.717, 1.165) is 30.5 Å². The van der Waals surface area contributed by atoms with E-state index in [-0.39, 0.29) is 5.91 Å². The first-order valence-corrected chi connectivity index (χ1v) is 9.59. The average Bonchev–Trinajstić information content (AvgIpc) is 3.30. The molecule has 5 heteroatoms. The molecule has 0 fully saturated rings. The van der Waals surface area contributed by atoms with Gasteiger partial charge in [-0.25, -0.2) is 4.98 Å². The number of aromatic nitrogens is 2. The Bertz CT molecular complexity index is 867. The summed E-state index contributed by atoms with van der Waals surface area (Å²) in [7, 11) is 0. The van der Waals surface area contributed by atoms with Gasteiger partial charge in [-0.3, -0.25) is 4.79 Å². The molecule has 0 atom stereocenters. The Morgan fingerprint density at radius 3 is 2.88 bits per heavy atom. The monoisotopic (exact) mass is 351 g/mol. The molecular weight excluding hydrogens is 330 g/mol. The molecule has 4 nitrogen and oxygen atoms in total. The van der Waals surface area contributed by atoms with Gasteiger partial charge in [0.25, 0.3) is 5.91 Å². The zero-order valence-corrected chi connectivity index (χ0v) is 14.9. The summed E-state index contributed by atoms with van der Waals surface area (Å²) in [6.07, 6.45) is 10.2. The van der Waals surface area contributed by atoms with E-state index in [0.29, 0.717) is 6.54 Å². The largest absolute Gasteiger partial charge is 0.348 e. The third-order valence-corrected chi connectivity index (χ3v) is 5.86. The van der Waals surface area contributed by atoms with Crippen molar-refractivity contribution in [1.82, 2.24) is 14.9 Å². The van der Waals surface area contributed by atoms with Gasteiger partial charge in [0.05, 0.1) is 11.9 Å². The van der Waals surface area contributed by atoms with E-state index < -0.39 is 0 Å². The third kappa shape index (κ3) is 3.51. The van der Waals surface area contributed by atoms with Crippen LogP contribution in [0.25, 0.3) is 0 Å². The van der Waals surface area contributed by atoms with Crippen LogP contribution >= 0.6 is 11.3 Å². The number of fused-ring (bicyclic) bond motifs is 1. The summed E-state index contributed by atoms with van der Waals surface area (Å²) in [5.74, 6) is 0.0526. The van der Waals surface area contributed by atoms with Gasteiger partial charge in [-0.2, -0.15) is 0 Å². The number of hydrogen-bond acceptors (Lipinski definition) is 3. The molecule has 0 saturated carbocycles. The fourth-order valence-electron chi connectivity index (χ4n) is 3.42. The molecule has 0 aliphatic heterocycles. The number of rotatable bonds is 5. The van der Waals surface area contributed by atoms with E-state index in [4.69, 9.17) is 0 Å². The van der Waals surface area contributed by atoms with Gasteiger partial charge >= 0.3 is 0 Å². The highest BCUT2D eigenvalue weighted by molar-refractivity contribution is 7.10. The Kier molecular flexibility index (Phi) is 4.65. The van der Waals surface area contributed by atoms with Crippen molar-refractivity contribution in [2.24, 2.45) is 0 Å². The summed E-state index contributed by atoms with van der Waals surface area (Å²) in [5, 5.41) is 5.14. The van der Waals surface area contributed by atoms with Gasteiger partial charge < -0.3 is 9.88 Å². The van der Waals surface area contributed by atoms with Gasteiger partial charge in [0.1, 0.15) is 0 Å². The summed E-state index contributed by atoms with van der Waals surface area (Å²) >= 11 is 1.74. The van der Waals surface area contributed by atoms with Crippen LogP contribution < -0.4 is 5.32 Å². The van der Waals surface area contributed by atoms with Crippen LogP contribution in [0.4, 0.5) is 0 Å². The van der Waals surface area contributed by atoms with Crippen molar-refractivity contribution in [3.63, 3.8) is 0 Å². The molecule has 1 aliphatic carbocycles. The molecule has 3 aromatic rings. The Morgan fingerprint density at radius 1 is 1.20 bits per heavy atom. The molecule has 1 amide bonds. The normalized spacial score (nSPS) is 13.4. The van der Waals surface area contributed by atoms with Crippen LogP contribution in [0.15, 0.2) is 48.4 Å². The quantitative estimate of drug-likeness (QED) is 0.760. The van der Waals surface area contributed by atoms with E-state index in [1.165, 1.54) is 28.8 Å². The van der Waals surface area contributed by atoms with Gasteiger partial charge in [-0.05, 0) is 42.4 Å². The van der Waals surface area contributed by atoms with E-state index in [9.17, 15) is 4.79 Å². The zero-order valence-electron chi connectivity index (χ0n) is 14.1. The van der Waals surface area contributed by atoms with Gasteiger partial charge in [0.15, 0.2) is 0 Å². The number of benzene rings is 1. The summed E-state index contributed by atoms with van der Waals surface area (Å²) in [6, 6.07) is 8.24. The fraction of sp³-hybridized carbons (Fsp3) is 0.300. The Labute approximate surface area is 151 Å². The number of carbonyl (C=O) groups is 1. The van der Waals surface area contributed by atoms with Crippen molar-refractivity contribution in [3.05, 3.63) is 75.5 Å². The lowest BCUT2D eigenvalue weighted by Crippen LogP contribution is -2.24. The van der Waals surface area contributed by atoms with Crippen LogP contribution in [0, 0.1) is 0 Å².